The van der Waals surface area contributed by atoms with E-state index in [0.29, 0.717) is 18.6 Å². The zero-order valence-electron chi connectivity index (χ0n) is 12.1. The lowest BCUT2D eigenvalue weighted by molar-refractivity contribution is -0.121. The molecule has 1 N–H and O–H groups in total. The van der Waals surface area contributed by atoms with Crippen molar-refractivity contribution in [3.05, 3.63) is 23.3 Å². The van der Waals surface area contributed by atoms with E-state index in [0.717, 1.165) is 29.8 Å². The molecule has 3 rings (SSSR count). The molecular weight excluding hydrogens is 254 g/mol. The van der Waals surface area contributed by atoms with Crippen molar-refractivity contribution in [1.29, 1.82) is 0 Å². The second-order valence-corrected chi connectivity index (χ2v) is 5.84. The molecule has 0 bridgehead atoms. The molecule has 0 aromatic carbocycles. The monoisotopic (exact) mass is 273 g/mol. The number of hydrogen-bond acceptors (Lipinski definition) is 4. The smallest absolute Gasteiger partial charge is 0.252 e. The maximum Gasteiger partial charge on any atom is 0.252 e. The average Bonchev–Trinajstić information content (AvgIpc) is 2.91. The molecule has 0 saturated heterocycles. The Morgan fingerprint density at radius 1 is 1.45 bits per heavy atom. The van der Waals surface area contributed by atoms with E-state index in [1.54, 1.807) is 4.52 Å². The highest BCUT2D eigenvalue weighted by Gasteiger charge is 2.38. The predicted molar refractivity (Wildman–Crippen MR) is 74.4 cm³/mol. The minimum atomic E-state index is 0.0509. The van der Waals surface area contributed by atoms with Crippen LogP contribution in [0, 0.1) is 13.8 Å². The maximum atomic E-state index is 11.9. The second kappa shape index (κ2) is 4.54. The lowest BCUT2D eigenvalue weighted by Crippen LogP contribution is -2.34. The van der Waals surface area contributed by atoms with E-state index in [2.05, 4.69) is 27.3 Å². The summed E-state index contributed by atoms with van der Waals surface area (Å²) in [6, 6.07) is 0. The van der Waals surface area contributed by atoms with Gasteiger partial charge in [0.15, 0.2) is 0 Å². The van der Waals surface area contributed by atoms with Crippen molar-refractivity contribution in [1.82, 2.24) is 24.9 Å². The molecule has 1 amide bonds. The molecule has 6 heteroatoms. The SMILES string of the molecule is Cc1nc2ncnn2c(C)c1CCC(=O)NC1(C)CC1. The Labute approximate surface area is 117 Å². The van der Waals surface area contributed by atoms with E-state index in [-0.39, 0.29) is 11.4 Å². The van der Waals surface area contributed by atoms with Gasteiger partial charge in [-0.1, -0.05) is 0 Å². The summed E-state index contributed by atoms with van der Waals surface area (Å²) in [4.78, 5) is 20.5. The normalized spacial score (nSPS) is 16.4. The van der Waals surface area contributed by atoms with Crippen LogP contribution in [0.2, 0.25) is 0 Å². The van der Waals surface area contributed by atoms with Gasteiger partial charge in [0, 0.05) is 23.3 Å². The standard InChI is InChI=1S/C14H19N5O/c1-9-11(4-5-12(20)18-14(3)6-7-14)10(2)19-13(17-9)15-8-16-19/h8H,4-7H2,1-3H3,(H,18,20). The van der Waals surface area contributed by atoms with E-state index in [1.807, 2.05) is 13.8 Å². The van der Waals surface area contributed by atoms with Crippen molar-refractivity contribution in [3.8, 4) is 0 Å². The predicted octanol–water partition coefficient (Wildman–Crippen LogP) is 1.34. The number of aromatic nitrogens is 4. The average molecular weight is 273 g/mol. The number of hydrogen-bond donors (Lipinski definition) is 1. The quantitative estimate of drug-likeness (QED) is 0.912. The highest BCUT2D eigenvalue weighted by Crippen LogP contribution is 2.34. The lowest BCUT2D eigenvalue weighted by atomic mass is 10.1. The Morgan fingerprint density at radius 2 is 2.20 bits per heavy atom. The van der Waals surface area contributed by atoms with Gasteiger partial charge in [0.1, 0.15) is 6.33 Å². The summed E-state index contributed by atoms with van der Waals surface area (Å²) in [6.45, 7) is 6.04. The van der Waals surface area contributed by atoms with Crippen molar-refractivity contribution in [2.45, 2.75) is 52.0 Å². The number of fused-ring (bicyclic) bond motifs is 1. The summed E-state index contributed by atoms with van der Waals surface area (Å²) in [6.07, 6.45) is 4.84. The van der Waals surface area contributed by atoms with Gasteiger partial charge in [-0.25, -0.2) is 9.50 Å². The first-order valence-electron chi connectivity index (χ1n) is 6.95. The van der Waals surface area contributed by atoms with Crippen molar-refractivity contribution < 1.29 is 4.79 Å². The molecule has 6 nitrogen and oxygen atoms in total. The van der Waals surface area contributed by atoms with Crippen LogP contribution < -0.4 is 5.32 Å². The Balaban J connectivity index is 1.75. The molecule has 1 fully saturated rings. The van der Waals surface area contributed by atoms with Gasteiger partial charge in [-0.15, -0.1) is 0 Å². The first-order valence-corrected chi connectivity index (χ1v) is 6.95. The zero-order chi connectivity index (χ0) is 14.3. The molecule has 0 aliphatic heterocycles. The van der Waals surface area contributed by atoms with Gasteiger partial charge in [-0.3, -0.25) is 4.79 Å². The molecule has 2 aromatic heterocycles. The second-order valence-electron chi connectivity index (χ2n) is 5.84. The first kappa shape index (κ1) is 13.0. The fraction of sp³-hybridized carbons (Fsp3) is 0.571. The van der Waals surface area contributed by atoms with E-state index in [9.17, 15) is 4.79 Å². The van der Waals surface area contributed by atoms with Crippen molar-refractivity contribution in [2.24, 2.45) is 0 Å². The van der Waals surface area contributed by atoms with Gasteiger partial charge in [-0.2, -0.15) is 10.1 Å². The van der Waals surface area contributed by atoms with E-state index in [1.165, 1.54) is 6.33 Å². The number of nitrogens with one attached hydrogen (secondary N) is 1. The molecule has 1 saturated carbocycles. The maximum absolute atomic E-state index is 11.9. The first-order chi connectivity index (χ1) is 9.48. The van der Waals surface area contributed by atoms with Crippen LogP contribution in [0.5, 0.6) is 0 Å². The molecular formula is C14H19N5O. The van der Waals surface area contributed by atoms with Gasteiger partial charge in [0.2, 0.25) is 5.91 Å². The van der Waals surface area contributed by atoms with Crippen LogP contribution in [0.1, 0.15) is 43.1 Å². The zero-order valence-corrected chi connectivity index (χ0v) is 12.1. The molecule has 2 aromatic rings. The summed E-state index contributed by atoms with van der Waals surface area (Å²) < 4.78 is 1.72. The summed E-state index contributed by atoms with van der Waals surface area (Å²) >= 11 is 0. The number of carbonyl (C=O) groups excluding carboxylic acids is 1. The topological polar surface area (TPSA) is 72.2 Å². The van der Waals surface area contributed by atoms with Crippen LogP contribution in [0.15, 0.2) is 6.33 Å². The molecule has 1 aliphatic rings. The third-order valence-corrected chi connectivity index (χ3v) is 4.03. The minimum Gasteiger partial charge on any atom is -0.351 e. The number of amides is 1. The van der Waals surface area contributed by atoms with Gasteiger partial charge in [-0.05, 0) is 45.6 Å². The Kier molecular flexibility index (Phi) is 2.96. The Bertz CT molecular complexity index is 671. The van der Waals surface area contributed by atoms with Gasteiger partial charge < -0.3 is 5.32 Å². The van der Waals surface area contributed by atoms with Crippen molar-refractivity contribution in [2.75, 3.05) is 0 Å². The molecule has 106 valence electrons. The van der Waals surface area contributed by atoms with E-state index >= 15 is 0 Å². The highest BCUT2D eigenvalue weighted by molar-refractivity contribution is 5.77. The number of rotatable bonds is 4. The fourth-order valence-electron chi connectivity index (χ4n) is 2.47. The lowest BCUT2D eigenvalue weighted by Gasteiger charge is -2.13. The highest BCUT2D eigenvalue weighted by atomic mass is 16.1. The summed E-state index contributed by atoms with van der Waals surface area (Å²) in [7, 11) is 0. The van der Waals surface area contributed by atoms with Crippen LogP contribution in [0.3, 0.4) is 0 Å². The van der Waals surface area contributed by atoms with Gasteiger partial charge in [0.25, 0.3) is 5.78 Å². The number of aryl methyl sites for hydroxylation is 2. The fourth-order valence-corrected chi connectivity index (χ4v) is 2.47. The number of nitrogens with zero attached hydrogens (tertiary/aromatic N) is 4. The Hall–Kier alpha value is -1.98. The van der Waals surface area contributed by atoms with Crippen LogP contribution in [-0.4, -0.2) is 31.0 Å². The molecule has 1 aliphatic carbocycles. The van der Waals surface area contributed by atoms with E-state index < -0.39 is 0 Å². The molecule has 0 unspecified atom stereocenters. The summed E-state index contributed by atoms with van der Waals surface area (Å²) in [5.41, 5.74) is 3.07. The van der Waals surface area contributed by atoms with E-state index in [4.69, 9.17) is 0 Å². The van der Waals surface area contributed by atoms with Crippen molar-refractivity contribution >= 4 is 11.7 Å². The molecule has 2 heterocycles. The van der Waals surface area contributed by atoms with Crippen LogP contribution in [0.4, 0.5) is 0 Å². The molecule has 0 atom stereocenters. The van der Waals surface area contributed by atoms with Crippen LogP contribution in [-0.2, 0) is 11.2 Å². The van der Waals surface area contributed by atoms with Crippen molar-refractivity contribution in [3.63, 3.8) is 0 Å². The molecule has 0 spiro atoms. The van der Waals surface area contributed by atoms with Gasteiger partial charge >= 0.3 is 0 Å². The number of carbonyl (C=O) groups is 1. The largest absolute Gasteiger partial charge is 0.351 e. The van der Waals surface area contributed by atoms with Gasteiger partial charge in [0.05, 0.1) is 0 Å². The summed E-state index contributed by atoms with van der Waals surface area (Å²) in [5.74, 6) is 0.723. The van der Waals surface area contributed by atoms with Crippen LogP contribution >= 0.6 is 0 Å². The minimum absolute atomic E-state index is 0.0509. The molecule has 0 radical (unpaired) electrons. The summed E-state index contributed by atoms with van der Waals surface area (Å²) in [5, 5.41) is 7.24. The molecule has 20 heavy (non-hydrogen) atoms. The third-order valence-electron chi connectivity index (χ3n) is 4.03. The third kappa shape index (κ3) is 2.37. The Morgan fingerprint density at radius 3 is 2.90 bits per heavy atom. The van der Waals surface area contributed by atoms with Crippen LogP contribution in [0.25, 0.3) is 5.78 Å².